The van der Waals surface area contributed by atoms with Crippen molar-refractivity contribution >= 4 is 5.91 Å². The topological polar surface area (TPSA) is 29.1 Å². The third-order valence-corrected chi connectivity index (χ3v) is 4.02. The highest BCUT2D eigenvalue weighted by atomic mass is 16.2. The SMILES string of the molecule is CCCC1(CC)CC(=O)NC1c1ccccc1. The fourth-order valence-electron chi connectivity index (χ4n) is 3.11. The first-order valence-electron chi connectivity index (χ1n) is 6.56. The summed E-state index contributed by atoms with van der Waals surface area (Å²) in [5.41, 5.74) is 1.36. The summed E-state index contributed by atoms with van der Waals surface area (Å²) in [4.78, 5) is 11.8. The van der Waals surface area contributed by atoms with E-state index in [0.717, 1.165) is 19.3 Å². The van der Waals surface area contributed by atoms with Gasteiger partial charge < -0.3 is 5.32 Å². The number of benzene rings is 1. The molecule has 92 valence electrons. The quantitative estimate of drug-likeness (QED) is 0.845. The summed E-state index contributed by atoms with van der Waals surface area (Å²) in [6.07, 6.45) is 3.98. The van der Waals surface area contributed by atoms with Crippen LogP contribution in [0.15, 0.2) is 30.3 Å². The number of rotatable bonds is 4. The summed E-state index contributed by atoms with van der Waals surface area (Å²) < 4.78 is 0. The van der Waals surface area contributed by atoms with E-state index in [9.17, 15) is 4.79 Å². The predicted octanol–water partition coefficient (Wildman–Crippen LogP) is 3.44. The Morgan fingerprint density at radius 1 is 1.29 bits per heavy atom. The van der Waals surface area contributed by atoms with Gasteiger partial charge in [0.2, 0.25) is 5.91 Å². The van der Waals surface area contributed by atoms with E-state index in [4.69, 9.17) is 0 Å². The molecule has 0 spiro atoms. The Balaban J connectivity index is 2.33. The molecule has 1 aliphatic rings. The molecule has 2 heteroatoms. The number of hydrogen-bond donors (Lipinski definition) is 1. The molecule has 0 saturated carbocycles. The summed E-state index contributed by atoms with van der Waals surface area (Å²) in [6, 6.07) is 10.6. The van der Waals surface area contributed by atoms with Gasteiger partial charge >= 0.3 is 0 Å². The van der Waals surface area contributed by atoms with E-state index in [0.29, 0.717) is 6.42 Å². The summed E-state index contributed by atoms with van der Waals surface area (Å²) in [5, 5.41) is 3.16. The minimum atomic E-state index is 0.118. The van der Waals surface area contributed by atoms with Gasteiger partial charge in [-0.3, -0.25) is 4.79 Å². The lowest BCUT2D eigenvalue weighted by atomic mass is 9.72. The van der Waals surface area contributed by atoms with Crippen molar-refractivity contribution in [3.05, 3.63) is 35.9 Å². The third-order valence-electron chi connectivity index (χ3n) is 4.02. The molecular formula is C15H21NO. The Bertz CT molecular complexity index is 387. The zero-order chi connectivity index (χ0) is 12.3. The second kappa shape index (κ2) is 4.91. The maximum Gasteiger partial charge on any atom is 0.221 e. The second-order valence-corrected chi connectivity index (χ2v) is 5.05. The van der Waals surface area contributed by atoms with Crippen molar-refractivity contribution in [3.63, 3.8) is 0 Å². The molecule has 2 unspecified atom stereocenters. The molecule has 1 fully saturated rings. The van der Waals surface area contributed by atoms with Gasteiger partial charge in [-0.25, -0.2) is 0 Å². The standard InChI is InChI=1S/C15H21NO/c1-3-10-15(4-2)11-13(17)16-14(15)12-8-6-5-7-9-12/h5-9,14H,3-4,10-11H2,1-2H3,(H,16,17). The van der Waals surface area contributed by atoms with Crippen LogP contribution in [0.5, 0.6) is 0 Å². The number of amides is 1. The molecule has 1 heterocycles. The van der Waals surface area contributed by atoms with E-state index in [1.165, 1.54) is 5.56 Å². The fourth-order valence-corrected chi connectivity index (χ4v) is 3.11. The molecule has 2 atom stereocenters. The van der Waals surface area contributed by atoms with Crippen LogP contribution in [-0.4, -0.2) is 5.91 Å². The molecule has 1 aromatic carbocycles. The maximum absolute atomic E-state index is 11.8. The molecule has 2 rings (SSSR count). The van der Waals surface area contributed by atoms with Crippen LogP contribution < -0.4 is 5.32 Å². The molecule has 1 amide bonds. The highest BCUT2D eigenvalue weighted by Gasteiger charge is 2.45. The number of nitrogens with one attached hydrogen (secondary N) is 1. The molecule has 0 aliphatic carbocycles. The first kappa shape index (κ1) is 12.2. The van der Waals surface area contributed by atoms with Crippen LogP contribution in [0, 0.1) is 5.41 Å². The van der Waals surface area contributed by atoms with Gasteiger partial charge in [0.25, 0.3) is 0 Å². The van der Waals surface area contributed by atoms with Crippen LogP contribution >= 0.6 is 0 Å². The predicted molar refractivity (Wildman–Crippen MR) is 69.6 cm³/mol. The van der Waals surface area contributed by atoms with Crippen molar-refractivity contribution in [3.8, 4) is 0 Å². The molecule has 1 N–H and O–H groups in total. The number of hydrogen-bond acceptors (Lipinski definition) is 1. The Hall–Kier alpha value is -1.31. The number of carbonyl (C=O) groups is 1. The lowest BCUT2D eigenvalue weighted by Gasteiger charge is -2.33. The molecule has 17 heavy (non-hydrogen) atoms. The molecular weight excluding hydrogens is 210 g/mol. The van der Waals surface area contributed by atoms with Gasteiger partial charge in [-0.15, -0.1) is 0 Å². The van der Waals surface area contributed by atoms with Gasteiger partial charge in [0.1, 0.15) is 0 Å². The molecule has 2 nitrogen and oxygen atoms in total. The minimum Gasteiger partial charge on any atom is -0.349 e. The fraction of sp³-hybridized carbons (Fsp3) is 0.533. The second-order valence-electron chi connectivity index (χ2n) is 5.05. The van der Waals surface area contributed by atoms with Crippen LogP contribution in [-0.2, 0) is 4.79 Å². The molecule has 0 bridgehead atoms. The summed E-state index contributed by atoms with van der Waals surface area (Å²) in [6.45, 7) is 4.40. The van der Waals surface area contributed by atoms with Crippen molar-refractivity contribution in [2.45, 2.75) is 45.6 Å². The van der Waals surface area contributed by atoms with E-state index in [1.807, 2.05) is 18.2 Å². The molecule has 1 aromatic rings. The van der Waals surface area contributed by atoms with Gasteiger partial charge in [0.05, 0.1) is 6.04 Å². The maximum atomic E-state index is 11.8. The van der Waals surface area contributed by atoms with Crippen LogP contribution in [0.4, 0.5) is 0 Å². The van der Waals surface area contributed by atoms with Gasteiger partial charge in [-0.2, -0.15) is 0 Å². The lowest BCUT2D eigenvalue weighted by Crippen LogP contribution is -2.28. The average Bonchev–Trinajstić information content (AvgIpc) is 2.68. The van der Waals surface area contributed by atoms with Crippen LogP contribution in [0.2, 0.25) is 0 Å². The van der Waals surface area contributed by atoms with Crippen LogP contribution in [0.1, 0.15) is 51.1 Å². The Labute approximate surface area is 103 Å². The third kappa shape index (κ3) is 2.21. The van der Waals surface area contributed by atoms with Crippen molar-refractivity contribution in [1.82, 2.24) is 5.32 Å². The summed E-state index contributed by atoms with van der Waals surface area (Å²) in [7, 11) is 0. The highest BCUT2D eigenvalue weighted by molar-refractivity contribution is 5.80. The van der Waals surface area contributed by atoms with Crippen molar-refractivity contribution in [1.29, 1.82) is 0 Å². The van der Waals surface area contributed by atoms with Gasteiger partial charge in [0.15, 0.2) is 0 Å². The summed E-state index contributed by atoms with van der Waals surface area (Å²) >= 11 is 0. The van der Waals surface area contributed by atoms with Gasteiger partial charge in [-0.1, -0.05) is 50.6 Å². The largest absolute Gasteiger partial charge is 0.349 e. The minimum absolute atomic E-state index is 0.118. The lowest BCUT2D eigenvalue weighted by molar-refractivity contribution is -0.119. The first-order valence-corrected chi connectivity index (χ1v) is 6.56. The average molecular weight is 231 g/mol. The summed E-state index contributed by atoms with van der Waals surface area (Å²) in [5.74, 6) is 0.203. The molecule has 1 saturated heterocycles. The van der Waals surface area contributed by atoms with E-state index < -0.39 is 0 Å². The van der Waals surface area contributed by atoms with E-state index in [1.54, 1.807) is 0 Å². The van der Waals surface area contributed by atoms with Crippen LogP contribution in [0.25, 0.3) is 0 Å². The Kier molecular flexibility index (Phi) is 3.51. The number of carbonyl (C=O) groups excluding carboxylic acids is 1. The smallest absolute Gasteiger partial charge is 0.221 e. The van der Waals surface area contributed by atoms with E-state index >= 15 is 0 Å². The van der Waals surface area contributed by atoms with Crippen molar-refractivity contribution < 1.29 is 4.79 Å². The molecule has 1 aliphatic heterocycles. The van der Waals surface area contributed by atoms with E-state index in [2.05, 4.69) is 31.3 Å². The zero-order valence-corrected chi connectivity index (χ0v) is 10.7. The van der Waals surface area contributed by atoms with Crippen LogP contribution in [0.3, 0.4) is 0 Å². The first-order chi connectivity index (χ1) is 8.22. The van der Waals surface area contributed by atoms with E-state index in [-0.39, 0.29) is 17.4 Å². The Morgan fingerprint density at radius 3 is 2.59 bits per heavy atom. The van der Waals surface area contributed by atoms with Gasteiger partial charge in [-0.05, 0) is 18.4 Å². The van der Waals surface area contributed by atoms with Crippen molar-refractivity contribution in [2.75, 3.05) is 0 Å². The Morgan fingerprint density at radius 2 is 2.00 bits per heavy atom. The highest BCUT2D eigenvalue weighted by Crippen LogP contribution is 2.47. The van der Waals surface area contributed by atoms with Crippen molar-refractivity contribution in [2.24, 2.45) is 5.41 Å². The zero-order valence-electron chi connectivity index (χ0n) is 10.7. The normalized spacial score (nSPS) is 28.1. The monoisotopic (exact) mass is 231 g/mol. The van der Waals surface area contributed by atoms with Gasteiger partial charge in [0, 0.05) is 11.8 Å². The molecule has 0 radical (unpaired) electrons. The molecule has 0 aromatic heterocycles.